The maximum Gasteiger partial charge on any atom is 0.407 e. The Labute approximate surface area is 261 Å². The molecule has 248 valence electrons. The van der Waals surface area contributed by atoms with E-state index in [1.165, 1.54) is 19.3 Å². The zero-order valence-corrected chi connectivity index (χ0v) is 29.2. The van der Waals surface area contributed by atoms with Crippen LogP contribution in [-0.4, -0.2) is 46.6 Å². The first-order valence-corrected chi connectivity index (χ1v) is 16.0. The van der Waals surface area contributed by atoms with Crippen molar-refractivity contribution in [3.05, 3.63) is 10.8 Å². The van der Waals surface area contributed by atoms with E-state index in [9.17, 15) is 9.59 Å². The highest BCUT2D eigenvalue weighted by molar-refractivity contribution is 6.31. The second kappa shape index (κ2) is 31.1. The second-order valence-electron chi connectivity index (χ2n) is 8.97. The van der Waals surface area contributed by atoms with Gasteiger partial charge in [-0.2, -0.15) is 0 Å². The molecule has 0 fully saturated rings. The quantitative estimate of drug-likeness (QED) is 0.0855. The Morgan fingerprint density at radius 3 is 1.71 bits per heavy atom. The molecule has 0 aliphatic heterocycles. The molecule has 0 aliphatic rings. The van der Waals surface area contributed by atoms with Gasteiger partial charge in [0, 0.05) is 13.1 Å². The van der Waals surface area contributed by atoms with Crippen LogP contribution >= 0.6 is 11.6 Å². The van der Waals surface area contributed by atoms with Crippen LogP contribution in [0.2, 0.25) is 5.15 Å². The molecule has 11 nitrogen and oxygen atoms in total. The molecule has 1 rings (SSSR count). The summed E-state index contributed by atoms with van der Waals surface area (Å²) in [7, 11) is 0. The van der Waals surface area contributed by atoms with Crippen LogP contribution in [0.1, 0.15) is 144 Å². The number of unbranched alkanes of at least 4 members (excludes halogenated alkanes) is 8. The lowest BCUT2D eigenvalue weighted by Crippen LogP contribution is -2.38. The van der Waals surface area contributed by atoms with Gasteiger partial charge in [-0.3, -0.25) is 15.1 Å². The minimum Gasteiger partial charge on any atom is -0.444 e. The number of hydrogen-bond acceptors (Lipinski definition) is 8. The van der Waals surface area contributed by atoms with Crippen LogP contribution < -0.4 is 27.8 Å². The van der Waals surface area contributed by atoms with E-state index in [-0.39, 0.29) is 34.5 Å². The smallest absolute Gasteiger partial charge is 0.407 e. The van der Waals surface area contributed by atoms with Crippen molar-refractivity contribution in [1.29, 1.82) is 0 Å². The molecule has 0 aliphatic carbocycles. The minimum atomic E-state index is -0.645. The van der Waals surface area contributed by atoms with Gasteiger partial charge in [-0.15, -0.1) is 0 Å². The number of guanidine groups is 1. The van der Waals surface area contributed by atoms with Crippen molar-refractivity contribution in [2.75, 3.05) is 24.6 Å². The Bertz CT molecular complexity index is 832. The molecular formula is C30H63ClN8O3. The Morgan fingerprint density at radius 1 is 0.786 bits per heavy atom. The van der Waals surface area contributed by atoms with Crippen molar-refractivity contribution in [3.8, 4) is 0 Å². The summed E-state index contributed by atoms with van der Waals surface area (Å²) < 4.78 is 5.20. The summed E-state index contributed by atoms with van der Waals surface area (Å²) in [5.41, 5.74) is 16.3. The Morgan fingerprint density at radius 2 is 1.24 bits per heavy atom. The van der Waals surface area contributed by atoms with E-state index in [0.717, 1.165) is 38.5 Å². The van der Waals surface area contributed by atoms with E-state index in [1.807, 2.05) is 76.2 Å². The molecule has 0 spiro atoms. The lowest BCUT2D eigenvalue weighted by Gasteiger charge is -2.19. The third kappa shape index (κ3) is 27.4. The number of nitrogen functional groups attached to an aromatic ring is 2. The summed E-state index contributed by atoms with van der Waals surface area (Å²) in [6.07, 6.45) is 9.43. The van der Waals surface area contributed by atoms with Gasteiger partial charge in [-0.25, -0.2) is 14.8 Å². The van der Waals surface area contributed by atoms with Gasteiger partial charge >= 0.3 is 6.09 Å². The molecule has 42 heavy (non-hydrogen) atoms. The number of nitrogens with one attached hydrogen (secondary N) is 2. The average Bonchev–Trinajstić information content (AvgIpc) is 2.96. The Kier molecular flexibility index (Phi) is 34.2. The first-order valence-electron chi connectivity index (χ1n) is 15.7. The number of halogens is 1. The molecule has 0 saturated heterocycles. The standard InChI is InChI=1S/C22H39ClN8O3.4C2H6/c1-22(2,3)34-21(33)28-14-12-10-8-6-4-5-7-9-11-13-27-20(26)31-19(32)15-17(24)30-18(25)16(23)29-15;4*1-2/h4-14H2,1-3H3,(H,28,33)(H4,24,25,30)(H3,26,27,31,32);4*1-2H3. The van der Waals surface area contributed by atoms with Gasteiger partial charge in [0.05, 0.1) is 0 Å². The van der Waals surface area contributed by atoms with Crippen LogP contribution in [0.3, 0.4) is 0 Å². The van der Waals surface area contributed by atoms with Crippen LogP contribution in [0.5, 0.6) is 0 Å². The third-order valence-electron chi connectivity index (χ3n) is 4.65. The van der Waals surface area contributed by atoms with Crippen molar-refractivity contribution in [2.24, 2.45) is 10.7 Å². The maximum atomic E-state index is 12.2. The number of nitrogens with two attached hydrogens (primary N) is 3. The fourth-order valence-corrected chi connectivity index (χ4v) is 3.13. The highest BCUT2D eigenvalue weighted by Gasteiger charge is 2.17. The number of amides is 2. The monoisotopic (exact) mass is 618 g/mol. The summed E-state index contributed by atoms with van der Waals surface area (Å²) in [4.78, 5) is 35.4. The number of nitrogens with zero attached hydrogens (tertiary/aromatic N) is 3. The number of aromatic nitrogens is 2. The number of carbonyl (C=O) groups is 2. The first-order chi connectivity index (χ1) is 20.0. The normalized spacial score (nSPS) is 10.1. The molecule has 0 bridgehead atoms. The molecular weight excluding hydrogens is 556 g/mol. The summed E-state index contributed by atoms with van der Waals surface area (Å²) in [6.45, 7) is 22.7. The summed E-state index contributed by atoms with van der Waals surface area (Å²) >= 11 is 5.77. The lowest BCUT2D eigenvalue weighted by molar-refractivity contribution is 0.0526. The molecule has 0 aromatic carbocycles. The molecule has 8 N–H and O–H groups in total. The van der Waals surface area contributed by atoms with E-state index in [1.54, 1.807) is 0 Å². The van der Waals surface area contributed by atoms with E-state index >= 15 is 0 Å². The van der Waals surface area contributed by atoms with E-state index in [0.29, 0.717) is 13.1 Å². The number of rotatable bonds is 13. The van der Waals surface area contributed by atoms with Crippen molar-refractivity contribution >= 4 is 41.2 Å². The number of aliphatic imine (C=N–C) groups is 1. The van der Waals surface area contributed by atoms with Crippen molar-refractivity contribution in [2.45, 2.75) is 140 Å². The van der Waals surface area contributed by atoms with Gasteiger partial charge in [-0.05, 0) is 33.6 Å². The molecule has 0 radical (unpaired) electrons. The minimum absolute atomic E-state index is 0.0136. The van der Waals surface area contributed by atoms with Crippen LogP contribution in [-0.2, 0) is 4.74 Å². The van der Waals surface area contributed by atoms with Crippen LogP contribution in [0.4, 0.5) is 16.4 Å². The first kappa shape index (κ1) is 46.1. The number of alkyl carbamates (subject to hydrolysis) is 1. The fourth-order valence-electron chi connectivity index (χ4n) is 3.00. The number of carbonyl (C=O) groups excluding carboxylic acids is 2. The molecule has 1 heterocycles. The van der Waals surface area contributed by atoms with Gasteiger partial charge in [0.1, 0.15) is 5.60 Å². The molecule has 12 heteroatoms. The van der Waals surface area contributed by atoms with Crippen LogP contribution in [0, 0.1) is 0 Å². The number of anilines is 2. The van der Waals surface area contributed by atoms with Crippen molar-refractivity contribution in [1.82, 2.24) is 20.6 Å². The summed E-state index contributed by atoms with van der Waals surface area (Å²) in [5, 5.41) is 5.09. The Hall–Kier alpha value is -2.82. The SMILES string of the molecule is CC.CC.CC.CC.CC(C)(C)OC(=O)NCCCCCCCCCCCN=C(N)NC(=O)c1nc(Cl)c(N)nc1N. The molecule has 1 aromatic rings. The van der Waals surface area contributed by atoms with Gasteiger partial charge in [-0.1, -0.05) is 112 Å². The molecule has 0 atom stereocenters. The highest BCUT2D eigenvalue weighted by Crippen LogP contribution is 2.17. The van der Waals surface area contributed by atoms with Crippen LogP contribution in [0.15, 0.2) is 4.99 Å². The number of ether oxygens (including phenoxy) is 1. The predicted octanol–water partition coefficient (Wildman–Crippen LogP) is 7.48. The summed E-state index contributed by atoms with van der Waals surface area (Å²) in [5.74, 6) is -0.844. The third-order valence-corrected chi connectivity index (χ3v) is 4.92. The van der Waals surface area contributed by atoms with E-state index < -0.39 is 11.5 Å². The van der Waals surface area contributed by atoms with E-state index in [4.69, 9.17) is 33.5 Å². The Balaban J connectivity index is -0.000000826. The second-order valence-corrected chi connectivity index (χ2v) is 9.32. The van der Waals surface area contributed by atoms with Crippen LogP contribution in [0.25, 0.3) is 0 Å². The van der Waals surface area contributed by atoms with Crippen molar-refractivity contribution in [3.63, 3.8) is 0 Å². The van der Waals surface area contributed by atoms with Gasteiger partial charge in [0.15, 0.2) is 28.4 Å². The van der Waals surface area contributed by atoms with E-state index in [2.05, 4.69) is 25.6 Å². The molecule has 0 unspecified atom stereocenters. The summed E-state index contributed by atoms with van der Waals surface area (Å²) in [6, 6.07) is 0. The topological polar surface area (TPSA) is 184 Å². The zero-order chi connectivity index (χ0) is 33.6. The molecule has 0 saturated carbocycles. The highest BCUT2D eigenvalue weighted by atomic mass is 35.5. The lowest BCUT2D eigenvalue weighted by atomic mass is 10.1. The van der Waals surface area contributed by atoms with Gasteiger partial charge in [0.25, 0.3) is 5.91 Å². The van der Waals surface area contributed by atoms with Gasteiger partial charge in [0.2, 0.25) is 0 Å². The average molecular weight is 619 g/mol. The fraction of sp³-hybridized carbons (Fsp3) is 0.767. The van der Waals surface area contributed by atoms with Gasteiger partial charge < -0.3 is 27.3 Å². The molecule has 2 amide bonds. The number of hydrogen-bond donors (Lipinski definition) is 5. The predicted molar refractivity (Wildman–Crippen MR) is 181 cm³/mol. The van der Waals surface area contributed by atoms with Crippen molar-refractivity contribution < 1.29 is 14.3 Å². The largest absolute Gasteiger partial charge is 0.444 e. The zero-order valence-electron chi connectivity index (χ0n) is 28.5. The maximum absolute atomic E-state index is 12.2. The molecule has 1 aromatic heterocycles.